The Morgan fingerprint density at radius 1 is 1.44 bits per heavy atom. The van der Waals surface area contributed by atoms with E-state index in [2.05, 4.69) is 5.32 Å². The standard InChI is InChI=1S/C10H18N2O3S/c1-10(2)7-11-9(13)5-12(10)8-3-4-16(14,15)6-8/h8H,3-7H2,1-2H3,(H,11,13). The summed E-state index contributed by atoms with van der Waals surface area (Å²) < 4.78 is 22.9. The third-order valence-corrected chi connectivity index (χ3v) is 5.21. The summed E-state index contributed by atoms with van der Waals surface area (Å²) in [5.41, 5.74) is -0.154. The van der Waals surface area contributed by atoms with Crippen molar-refractivity contribution in [3.8, 4) is 0 Å². The van der Waals surface area contributed by atoms with Gasteiger partial charge in [-0.3, -0.25) is 9.69 Å². The monoisotopic (exact) mass is 246 g/mol. The average molecular weight is 246 g/mol. The number of sulfone groups is 1. The number of nitrogens with one attached hydrogen (secondary N) is 1. The Bertz CT molecular complexity index is 402. The maximum absolute atomic E-state index is 11.4. The average Bonchev–Trinajstić information content (AvgIpc) is 2.50. The fourth-order valence-electron chi connectivity index (χ4n) is 2.49. The van der Waals surface area contributed by atoms with Gasteiger partial charge in [0.2, 0.25) is 5.91 Å². The van der Waals surface area contributed by atoms with Crippen molar-refractivity contribution in [1.82, 2.24) is 10.2 Å². The maximum atomic E-state index is 11.4. The highest BCUT2D eigenvalue weighted by molar-refractivity contribution is 7.91. The van der Waals surface area contributed by atoms with E-state index < -0.39 is 9.84 Å². The van der Waals surface area contributed by atoms with E-state index in [0.29, 0.717) is 19.5 Å². The molecule has 6 heteroatoms. The molecule has 0 saturated carbocycles. The first-order valence-electron chi connectivity index (χ1n) is 5.54. The van der Waals surface area contributed by atoms with Crippen LogP contribution in [0.15, 0.2) is 0 Å². The molecule has 2 aliphatic heterocycles. The van der Waals surface area contributed by atoms with Crippen molar-refractivity contribution in [2.75, 3.05) is 24.6 Å². The van der Waals surface area contributed by atoms with Crippen LogP contribution in [0.25, 0.3) is 0 Å². The van der Waals surface area contributed by atoms with Crippen molar-refractivity contribution < 1.29 is 13.2 Å². The Hall–Kier alpha value is -0.620. The van der Waals surface area contributed by atoms with E-state index in [1.807, 2.05) is 18.7 Å². The van der Waals surface area contributed by atoms with Gasteiger partial charge in [0.25, 0.3) is 0 Å². The molecular formula is C10H18N2O3S. The highest BCUT2D eigenvalue weighted by atomic mass is 32.2. The lowest BCUT2D eigenvalue weighted by atomic mass is 9.97. The number of carbonyl (C=O) groups is 1. The minimum Gasteiger partial charge on any atom is -0.353 e. The van der Waals surface area contributed by atoms with Crippen molar-refractivity contribution in [1.29, 1.82) is 0 Å². The lowest BCUT2D eigenvalue weighted by molar-refractivity contribution is -0.129. The zero-order chi connectivity index (χ0) is 12.0. The molecule has 92 valence electrons. The molecule has 0 aliphatic carbocycles. The molecule has 2 aliphatic rings. The molecule has 0 aromatic rings. The zero-order valence-electron chi connectivity index (χ0n) is 9.69. The number of hydrogen-bond acceptors (Lipinski definition) is 4. The number of rotatable bonds is 1. The molecule has 1 unspecified atom stereocenters. The molecule has 0 aromatic heterocycles. The molecule has 2 rings (SSSR count). The van der Waals surface area contributed by atoms with Crippen molar-refractivity contribution in [3.63, 3.8) is 0 Å². The van der Waals surface area contributed by atoms with Crippen molar-refractivity contribution in [2.45, 2.75) is 31.8 Å². The van der Waals surface area contributed by atoms with Crippen LogP contribution in [0, 0.1) is 0 Å². The number of amides is 1. The number of carbonyl (C=O) groups excluding carboxylic acids is 1. The third-order valence-electron chi connectivity index (χ3n) is 3.46. The molecule has 0 aromatic carbocycles. The summed E-state index contributed by atoms with van der Waals surface area (Å²) >= 11 is 0. The lowest BCUT2D eigenvalue weighted by Gasteiger charge is -2.45. The van der Waals surface area contributed by atoms with Gasteiger partial charge in [0.05, 0.1) is 18.1 Å². The summed E-state index contributed by atoms with van der Waals surface area (Å²) in [6.45, 7) is 4.98. The Kier molecular flexibility index (Phi) is 2.74. The highest BCUT2D eigenvalue weighted by Gasteiger charge is 2.42. The molecule has 5 nitrogen and oxygen atoms in total. The fourth-order valence-corrected chi connectivity index (χ4v) is 4.22. The van der Waals surface area contributed by atoms with Crippen LogP contribution >= 0.6 is 0 Å². The summed E-state index contributed by atoms with van der Waals surface area (Å²) in [5, 5.41) is 2.82. The van der Waals surface area contributed by atoms with Crippen molar-refractivity contribution >= 4 is 15.7 Å². The van der Waals surface area contributed by atoms with Crippen LogP contribution in [0.5, 0.6) is 0 Å². The smallest absolute Gasteiger partial charge is 0.234 e. The van der Waals surface area contributed by atoms with E-state index in [0.717, 1.165) is 0 Å². The van der Waals surface area contributed by atoms with Crippen LogP contribution in [-0.4, -0.2) is 55.4 Å². The second-order valence-corrected chi connectivity index (χ2v) is 7.50. The Labute approximate surface area is 96.1 Å². The van der Waals surface area contributed by atoms with Crippen LogP contribution < -0.4 is 5.32 Å². The van der Waals surface area contributed by atoms with Gasteiger partial charge in [-0.2, -0.15) is 0 Å². The molecular weight excluding hydrogens is 228 g/mol. The van der Waals surface area contributed by atoms with E-state index in [1.165, 1.54) is 0 Å². The van der Waals surface area contributed by atoms with E-state index in [4.69, 9.17) is 0 Å². The summed E-state index contributed by atoms with van der Waals surface area (Å²) in [4.78, 5) is 13.4. The van der Waals surface area contributed by atoms with Gasteiger partial charge in [0.1, 0.15) is 0 Å². The zero-order valence-corrected chi connectivity index (χ0v) is 10.5. The topological polar surface area (TPSA) is 66.5 Å². The lowest BCUT2D eigenvalue weighted by Crippen LogP contribution is -2.63. The van der Waals surface area contributed by atoms with E-state index >= 15 is 0 Å². The van der Waals surface area contributed by atoms with Gasteiger partial charge >= 0.3 is 0 Å². The minimum atomic E-state index is -2.89. The quantitative estimate of drug-likeness (QED) is 0.670. The molecule has 0 spiro atoms. The maximum Gasteiger partial charge on any atom is 0.234 e. The van der Waals surface area contributed by atoms with Crippen molar-refractivity contribution in [3.05, 3.63) is 0 Å². The Balaban J connectivity index is 2.16. The highest BCUT2D eigenvalue weighted by Crippen LogP contribution is 2.26. The first kappa shape index (κ1) is 11.9. The van der Waals surface area contributed by atoms with E-state index in [1.54, 1.807) is 0 Å². The van der Waals surface area contributed by atoms with Gasteiger partial charge in [-0.1, -0.05) is 0 Å². The number of piperazine rings is 1. The minimum absolute atomic E-state index is 0.00560. The predicted molar refractivity (Wildman–Crippen MR) is 60.9 cm³/mol. The first-order chi connectivity index (χ1) is 7.30. The van der Waals surface area contributed by atoms with Crippen LogP contribution in [0.3, 0.4) is 0 Å². The summed E-state index contributed by atoms with van der Waals surface area (Å²) in [7, 11) is -2.89. The van der Waals surface area contributed by atoms with Gasteiger partial charge < -0.3 is 5.32 Å². The molecule has 1 atom stereocenters. The SMILES string of the molecule is CC1(C)CNC(=O)CN1C1CCS(=O)(=O)C1. The van der Waals surface area contributed by atoms with E-state index in [-0.39, 0.29) is 29.0 Å². The summed E-state index contributed by atoms with van der Waals surface area (Å²) in [5.74, 6) is 0.443. The first-order valence-corrected chi connectivity index (χ1v) is 7.36. The Morgan fingerprint density at radius 2 is 2.12 bits per heavy atom. The van der Waals surface area contributed by atoms with Crippen LogP contribution in [-0.2, 0) is 14.6 Å². The second kappa shape index (κ2) is 3.70. The largest absolute Gasteiger partial charge is 0.353 e. The van der Waals surface area contributed by atoms with Crippen LogP contribution in [0.2, 0.25) is 0 Å². The number of nitrogens with zero attached hydrogens (tertiary/aromatic N) is 1. The normalized spacial score (nSPS) is 33.6. The molecule has 0 bridgehead atoms. The van der Waals surface area contributed by atoms with Gasteiger partial charge in [-0.25, -0.2) is 8.42 Å². The molecule has 2 fully saturated rings. The molecule has 0 radical (unpaired) electrons. The van der Waals surface area contributed by atoms with Crippen LogP contribution in [0.1, 0.15) is 20.3 Å². The number of hydrogen-bond donors (Lipinski definition) is 1. The molecule has 16 heavy (non-hydrogen) atoms. The molecule has 1 N–H and O–H groups in total. The predicted octanol–water partition coefficient (Wildman–Crippen LogP) is -0.616. The van der Waals surface area contributed by atoms with Gasteiger partial charge in [0, 0.05) is 18.1 Å². The van der Waals surface area contributed by atoms with E-state index in [9.17, 15) is 13.2 Å². The van der Waals surface area contributed by atoms with Crippen LogP contribution in [0.4, 0.5) is 0 Å². The van der Waals surface area contributed by atoms with Gasteiger partial charge in [-0.05, 0) is 20.3 Å². The Morgan fingerprint density at radius 3 is 2.69 bits per heavy atom. The fraction of sp³-hybridized carbons (Fsp3) is 0.900. The molecule has 2 saturated heterocycles. The van der Waals surface area contributed by atoms with Crippen molar-refractivity contribution in [2.24, 2.45) is 0 Å². The second-order valence-electron chi connectivity index (χ2n) is 5.27. The summed E-state index contributed by atoms with van der Waals surface area (Å²) in [6, 6.07) is 0.00560. The molecule has 2 heterocycles. The summed E-state index contributed by atoms with van der Waals surface area (Å²) in [6.07, 6.45) is 0.652. The third kappa shape index (κ3) is 2.22. The molecule has 1 amide bonds. The van der Waals surface area contributed by atoms with Gasteiger partial charge in [-0.15, -0.1) is 0 Å². The van der Waals surface area contributed by atoms with Gasteiger partial charge in [0.15, 0.2) is 9.84 Å².